The van der Waals surface area contributed by atoms with Gasteiger partial charge >= 0.3 is 0 Å². The molecule has 2 heterocycles. The Kier molecular flexibility index (Phi) is 4.58. The number of rotatable bonds is 4. The van der Waals surface area contributed by atoms with E-state index in [9.17, 15) is 0 Å². The zero-order chi connectivity index (χ0) is 14.7. The summed E-state index contributed by atoms with van der Waals surface area (Å²) in [5.41, 5.74) is 0. The van der Waals surface area contributed by atoms with Crippen LogP contribution in [0.2, 0.25) is 0 Å². The zero-order valence-electron chi connectivity index (χ0n) is 13.0. The van der Waals surface area contributed by atoms with Crippen molar-refractivity contribution in [2.45, 2.75) is 51.7 Å². The minimum atomic E-state index is 0.242. The van der Waals surface area contributed by atoms with Crippen LogP contribution in [0.15, 0.2) is 12.4 Å². The minimum Gasteiger partial charge on any atom is -0.472 e. The second kappa shape index (κ2) is 6.60. The van der Waals surface area contributed by atoms with E-state index in [0.717, 1.165) is 44.8 Å². The van der Waals surface area contributed by atoms with Crippen molar-refractivity contribution in [3.8, 4) is 5.88 Å². The molecule has 1 aromatic heterocycles. The van der Waals surface area contributed by atoms with Gasteiger partial charge in [0, 0.05) is 32.1 Å². The van der Waals surface area contributed by atoms with Gasteiger partial charge in [-0.1, -0.05) is 13.8 Å². The topological polar surface area (TPSA) is 47.5 Å². The lowest BCUT2D eigenvalue weighted by Gasteiger charge is -2.30. The molecule has 0 aromatic carbocycles. The maximum absolute atomic E-state index is 6.02. The number of hydrogen-bond acceptors (Lipinski definition) is 5. The first-order chi connectivity index (χ1) is 10.2. The molecule has 0 N–H and O–H groups in total. The normalized spacial score (nSPS) is 23.8. The van der Waals surface area contributed by atoms with Gasteiger partial charge in [0.25, 0.3) is 5.88 Å². The maximum Gasteiger partial charge on any atom is 0.257 e. The summed E-state index contributed by atoms with van der Waals surface area (Å²) in [6.07, 6.45) is 8.57. The van der Waals surface area contributed by atoms with E-state index in [1.807, 2.05) is 0 Å². The number of hydrogen-bond donors (Lipinski definition) is 0. The summed E-state index contributed by atoms with van der Waals surface area (Å²) in [5.74, 6) is 2.06. The largest absolute Gasteiger partial charge is 0.472 e. The lowest BCUT2D eigenvalue weighted by Crippen LogP contribution is -2.36. The number of aromatic nitrogens is 2. The van der Waals surface area contributed by atoms with Crippen LogP contribution in [-0.4, -0.2) is 41.9 Å². The van der Waals surface area contributed by atoms with E-state index in [1.165, 1.54) is 6.42 Å². The monoisotopic (exact) mass is 291 g/mol. The van der Waals surface area contributed by atoms with E-state index in [1.54, 1.807) is 12.4 Å². The Balaban J connectivity index is 1.77. The molecule has 1 aliphatic heterocycles. The van der Waals surface area contributed by atoms with Crippen molar-refractivity contribution in [3.63, 3.8) is 0 Å². The average Bonchev–Trinajstić information content (AvgIpc) is 2.69. The van der Waals surface area contributed by atoms with Gasteiger partial charge in [0.15, 0.2) is 5.82 Å². The van der Waals surface area contributed by atoms with Gasteiger partial charge in [0.05, 0.1) is 6.10 Å². The van der Waals surface area contributed by atoms with E-state index in [-0.39, 0.29) is 6.10 Å². The molecule has 0 radical (unpaired) electrons. The second-order valence-electron chi connectivity index (χ2n) is 6.31. The van der Waals surface area contributed by atoms with Crippen molar-refractivity contribution in [2.75, 3.05) is 24.6 Å². The third-order valence-electron chi connectivity index (χ3n) is 4.32. The van der Waals surface area contributed by atoms with Crippen molar-refractivity contribution in [2.24, 2.45) is 5.92 Å². The van der Waals surface area contributed by atoms with E-state index in [2.05, 4.69) is 28.7 Å². The average molecular weight is 291 g/mol. The molecule has 1 aliphatic carbocycles. The SMILES string of the molecule is CC(C)C1CN(c2nccnc2OC2CCC2)CCCO1. The molecule has 2 fully saturated rings. The van der Waals surface area contributed by atoms with Crippen LogP contribution in [-0.2, 0) is 4.74 Å². The summed E-state index contributed by atoms with van der Waals surface area (Å²) in [4.78, 5) is 11.2. The van der Waals surface area contributed by atoms with Crippen molar-refractivity contribution < 1.29 is 9.47 Å². The standard InChI is InChI=1S/C16H25N3O2/c1-12(2)14-11-19(9-4-10-20-14)15-16(18-8-7-17-15)21-13-5-3-6-13/h7-8,12-14H,3-6,9-11H2,1-2H3. The Morgan fingerprint density at radius 1 is 1.24 bits per heavy atom. The van der Waals surface area contributed by atoms with Gasteiger partial charge in [0.1, 0.15) is 6.10 Å². The highest BCUT2D eigenvalue weighted by atomic mass is 16.5. The molecule has 1 saturated carbocycles. The van der Waals surface area contributed by atoms with Gasteiger partial charge in [-0.15, -0.1) is 0 Å². The second-order valence-corrected chi connectivity index (χ2v) is 6.31. The molecule has 0 bridgehead atoms. The Hall–Kier alpha value is -1.36. The van der Waals surface area contributed by atoms with Crippen LogP contribution in [0.5, 0.6) is 5.88 Å². The minimum absolute atomic E-state index is 0.242. The molecule has 1 unspecified atom stereocenters. The van der Waals surface area contributed by atoms with Crippen LogP contribution in [0.3, 0.4) is 0 Å². The summed E-state index contributed by atoms with van der Waals surface area (Å²) >= 11 is 0. The zero-order valence-corrected chi connectivity index (χ0v) is 13.0. The van der Waals surface area contributed by atoms with Crippen molar-refractivity contribution in [1.29, 1.82) is 0 Å². The van der Waals surface area contributed by atoms with Gasteiger partial charge < -0.3 is 14.4 Å². The van der Waals surface area contributed by atoms with Crippen LogP contribution in [0.25, 0.3) is 0 Å². The lowest BCUT2D eigenvalue weighted by molar-refractivity contribution is 0.0374. The molecule has 116 valence electrons. The van der Waals surface area contributed by atoms with Gasteiger partial charge in [-0.05, 0) is 31.6 Å². The molecule has 1 atom stereocenters. The first-order valence-electron chi connectivity index (χ1n) is 8.08. The molecule has 21 heavy (non-hydrogen) atoms. The van der Waals surface area contributed by atoms with Crippen LogP contribution in [0.1, 0.15) is 39.5 Å². The smallest absolute Gasteiger partial charge is 0.257 e. The third-order valence-corrected chi connectivity index (χ3v) is 4.32. The molecular weight excluding hydrogens is 266 g/mol. The Morgan fingerprint density at radius 3 is 2.76 bits per heavy atom. The fourth-order valence-electron chi connectivity index (χ4n) is 2.71. The summed E-state index contributed by atoms with van der Waals surface area (Å²) in [5, 5.41) is 0. The number of nitrogens with zero attached hydrogens (tertiary/aromatic N) is 3. The molecule has 5 nitrogen and oxygen atoms in total. The summed E-state index contributed by atoms with van der Waals surface area (Å²) < 4.78 is 12.0. The van der Waals surface area contributed by atoms with Crippen LogP contribution >= 0.6 is 0 Å². The Morgan fingerprint density at radius 2 is 2.05 bits per heavy atom. The van der Waals surface area contributed by atoms with Crippen molar-refractivity contribution >= 4 is 5.82 Å². The van der Waals surface area contributed by atoms with Crippen LogP contribution in [0, 0.1) is 5.92 Å². The highest BCUT2D eigenvalue weighted by molar-refractivity contribution is 5.48. The molecule has 0 spiro atoms. The van der Waals surface area contributed by atoms with E-state index in [4.69, 9.17) is 9.47 Å². The molecule has 1 saturated heterocycles. The summed E-state index contributed by atoms with van der Waals surface area (Å²) in [6.45, 7) is 7.03. The van der Waals surface area contributed by atoms with Crippen molar-refractivity contribution in [1.82, 2.24) is 9.97 Å². The quantitative estimate of drug-likeness (QED) is 0.853. The summed E-state index contributed by atoms with van der Waals surface area (Å²) in [6, 6.07) is 0. The molecule has 0 amide bonds. The number of anilines is 1. The predicted molar refractivity (Wildman–Crippen MR) is 81.7 cm³/mol. The first-order valence-corrected chi connectivity index (χ1v) is 8.08. The highest BCUT2D eigenvalue weighted by Gasteiger charge is 2.27. The maximum atomic E-state index is 6.02. The fraction of sp³-hybridized carbons (Fsp3) is 0.750. The van der Waals surface area contributed by atoms with Gasteiger partial charge in [-0.25, -0.2) is 9.97 Å². The molecule has 1 aromatic rings. The summed E-state index contributed by atoms with van der Waals surface area (Å²) in [7, 11) is 0. The Bertz CT molecular complexity index is 463. The fourth-order valence-corrected chi connectivity index (χ4v) is 2.71. The van der Waals surface area contributed by atoms with Gasteiger partial charge in [-0.2, -0.15) is 0 Å². The van der Waals surface area contributed by atoms with Crippen LogP contribution in [0.4, 0.5) is 5.82 Å². The first kappa shape index (κ1) is 14.6. The molecule has 2 aliphatic rings. The van der Waals surface area contributed by atoms with E-state index < -0.39 is 0 Å². The van der Waals surface area contributed by atoms with Gasteiger partial charge in [0.2, 0.25) is 0 Å². The lowest BCUT2D eigenvalue weighted by atomic mass is 9.96. The van der Waals surface area contributed by atoms with Crippen LogP contribution < -0.4 is 9.64 Å². The Labute approximate surface area is 126 Å². The third kappa shape index (κ3) is 3.46. The predicted octanol–water partition coefficient (Wildman–Crippen LogP) is 2.66. The molecule has 3 rings (SSSR count). The van der Waals surface area contributed by atoms with Crippen molar-refractivity contribution in [3.05, 3.63) is 12.4 Å². The van der Waals surface area contributed by atoms with E-state index >= 15 is 0 Å². The van der Waals surface area contributed by atoms with Gasteiger partial charge in [-0.3, -0.25) is 0 Å². The molecule has 5 heteroatoms. The van der Waals surface area contributed by atoms with E-state index in [0.29, 0.717) is 17.9 Å². The number of ether oxygens (including phenoxy) is 2. The highest BCUT2D eigenvalue weighted by Crippen LogP contribution is 2.30. The molecular formula is C16H25N3O2.